The van der Waals surface area contributed by atoms with Crippen molar-refractivity contribution in [3.63, 3.8) is 0 Å². The third kappa shape index (κ3) is 3.22. The van der Waals surface area contributed by atoms with Crippen LogP contribution in [0.2, 0.25) is 0 Å². The summed E-state index contributed by atoms with van der Waals surface area (Å²) < 4.78 is 0. The smallest absolute Gasteiger partial charge is 0.172 e. The van der Waals surface area contributed by atoms with Gasteiger partial charge in [-0.1, -0.05) is 30.3 Å². The molecule has 0 fully saturated rings. The summed E-state index contributed by atoms with van der Waals surface area (Å²) in [6.45, 7) is 2.02. The van der Waals surface area contributed by atoms with Crippen LogP contribution >= 0.6 is 12.2 Å². The lowest BCUT2D eigenvalue weighted by atomic mass is 9.88. The van der Waals surface area contributed by atoms with E-state index in [9.17, 15) is 0 Å². The molecule has 2 aromatic rings. The standard InChI is InChI=1S/C17H19N3S/c1-12-6-5-11-18-16(12)20-17(21)19-15-10-4-8-13-7-2-3-9-14(13)15/h2-3,5-7,9,11,15H,4,8,10H2,1H3,(H2,18,19,20,21)/t15-/m0/s1. The Morgan fingerprint density at radius 2 is 2.10 bits per heavy atom. The van der Waals surface area contributed by atoms with Crippen LogP contribution in [-0.2, 0) is 6.42 Å². The van der Waals surface area contributed by atoms with E-state index in [-0.39, 0.29) is 0 Å². The van der Waals surface area contributed by atoms with Gasteiger partial charge in [0.05, 0.1) is 6.04 Å². The Kier molecular flexibility index (Phi) is 4.15. The maximum absolute atomic E-state index is 5.44. The second kappa shape index (κ2) is 6.22. The van der Waals surface area contributed by atoms with Crippen LogP contribution in [0, 0.1) is 6.92 Å². The first-order valence-corrected chi connectivity index (χ1v) is 7.72. The summed E-state index contributed by atoms with van der Waals surface area (Å²) in [6, 6.07) is 12.8. The van der Waals surface area contributed by atoms with Crippen LogP contribution in [0.25, 0.3) is 0 Å². The summed E-state index contributed by atoms with van der Waals surface area (Å²) in [5, 5.41) is 7.27. The van der Waals surface area contributed by atoms with Gasteiger partial charge in [0.1, 0.15) is 5.82 Å². The third-order valence-corrected chi connectivity index (χ3v) is 4.14. The van der Waals surface area contributed by atoms with Crippen molar-refractivity contribution in [3.8, 4) is 0 Å². The third-order valence-electron chi connectivity index (χ3n) is 3.92. The molecule has 4 heteroatoms. The molecule has 21 heavy (non-hydrogen) atoms. The van der Waals surface area contributed by atoms with Crippen LogP contribution in [0.4, 0.5) is 5.82 Å². The van der Waals surface area contributed by atoms with Gasteiger partial charge in [0, 0.05) is 6.20 Å². The lowest BCUT2D eigenvalue weighted by Gasteiger charge is -2.27. The van der Waals surface area contributed by atoms with Crippen LogP contribution in [-0.4, -0.2) is 10.1 Å². The molecule has 0 aliphatic heterocycles. The fraction of sp³-hybridized carbons (Fsp3) is 0.294. The van der Waals surface area contributed by atoms with E-state index in [4.69, 9.17) is 12.2 Å². The highest BCUT2D eigenvalue weighted by Crippen LogP contribution is 2.29. The number of aromatic nitrogens is 1. The van der Waals surface area contributed by atoms with Gasteiger partial charge in [0.15, 0.2) is 5.11 Å². The lowest BCUT2D eigenvalue weighted by molar-refractivity contribution is 0.529. The van der Waals surface area contributed by atoms with Crippen molar-refractivity contribution in [3.05, 3.63) is 59.3 Å². The molecule has 0 spiro atoms. The number of hydrogen-bond donors (Lipinski definition) is 2. The molecule has 0 saturated heterocycles. The minimum atomic E-state index is 0.291. The number of nitrogens with zero attached hydrogens (tertiary/aromatic N) is 1. The summed E-state index contributed by atoms with van der Waals surface area (Å²) >= 11 is 5.44. The number of hydrogen-bond acceptors (Lipinski definition) is 2. The maximum Gasteiger partial charge on any atom is 0.172 e. The summed E-state index contributed by atoms with van der Waals surface area (Å²) in [5.74, 6) is 0.819. The van der Waals surface area contributed by atoms with Crippen molar-refractivity contribution in [1.82, 2.24) is 10.3 Å². The fourth-order valence-electron chi connectivity index (χ4n) is 2.82. The van der Waals surface area contributed by atoms with E-state index >= 15 is 0 Å². The number of aryl methyl sites for hydroxylation is 2. The first-order valence-electron chi connectivity index (χ1n) is 7.31. The van der Waals surface area contributed by atoms with E-state index < -0.39 is 0 Å². The maximum atomic E-state index is 5.44. The molecule has 1 aromatic carbocycles. The minimum absolute atomic E-state index is 0.291. The van der Waals surface area contributed by atoms with Gasteiger partial charge in [-0.15, -0.1) is 0 Å². The van der Waals surface area contributed by atoms with E-state index in [1.54, 1.807) is 6.20 Å². The van der Waals surface area contributed by atoms with Crippen molar-refractivity contribution in [2.45, 2.75) is 32.2 Å². The zero-order chi connectivity index (χ0) is 14.7. The first-order chi connectivity index (χ1) is 10.2. The largest absolute Gasteiger partial charge is 0.356 e. The highest BCUT2D eigenvalue weighted by atomic mass is 32.1. The average molecular weight is 297 g/mol. The molecule has 1 heterocycles. The van der Waals surface area contributed by atoms with E-state index in [0.29, 0.717) is 11.2 Å². The molecule has 0 bridgehead atoms. The topological polar surface area (TPSA) is 37.0 Å². The quantitative estimate of drug-likeness (QED) is 0.828. The Morgan fingerprint density at radius 1 is 1.24 bits per heavy atom. The SMILES string of the molecule is Cc1cccnc1NC(=S)N[C@H]1CCCc2ccccc21. The molecule has 3 nitrogen and oxygen atoms in total. The van der Waals surface area contributed by atoms with Gasteiger partial charge in [0.25, 0.3) is 0 Å². The van der Waals surface area contributed by atoms with Crippen molar-refractivity contribution in [2.24, 2.45) is 0 Å². The molecule has 0 amide bonds. The van der Waals surface area contributed by atoms with Crippen molar-refractivity contribution < 1.29 is 0 Å². The summed E-state index contributed by atoms with van der Waals surface area (Å²) in [7, 11) is 0. The van der Waals surface area contributed by atoms with Crippen LogP contribution in [0.3, 0.4) is 0 Å². The van der Waals surface area contributed by atoms with Crippen molar-refractivity contribution in [1.29, 1.82) is 0 Å². The highest BCUT2D eigenvalue weighted by molar-refractivity contribution is 7.80. The predicted octanol–water partition coefficient (Wildman–Crippen LogP) is 3.75. The number of thiocarbonyl (C=S) groups is 1. The molecular weight excluding hydrogens is 278 g/mol. The Hall–Kier alpha value is -1.94. The second-order valence-electron chi connectivity index (χ2n) is 5.41. The number of nitrogens with one attached hydrogen (secondary N) is 2. The number of benzene rings is 1. The Morgan fingerprint density at radius 3 is 2.95 bits per heavy atom. The van der Waals surface area contributed by atoms with Gasteiger partial charge in [-0.3, -0.25) is 0 Å². The van der Waals surface area contributed by atoms with Crippen LogP contribution < -0.4 is 10.6 Å². The summed E-state index contributed by atoms with van der Waals surface area (Å²) in [4.78, 5) is 4.32. The molecule has 1 aliphatic carbocycles. The molecule has 0 saturated carbocycles. The highest BCUT2D eigenvalue weighted by Gasteiger charge is 2.20. The average Bonchev–Trinajstić information content (AvgIpc) is 2.50. The lowest BCUT2D eigenvalue weighted by Crippen LogP contribution is -2.34. The minimum Gasteiger partial charge on any atom is -0.356 e. The molecule has 2 N–H and O–H groups in total. The van der Waals surface area contributed by atoms with E-state index in [0.717, 1.165) is 24.2 Å². The van der Waals surface area contributed by atoms with Gasteiger partial charge in [-0.05, 0) is 61.2 Å². The summed E-state index contributed by atoms with van der Waals surface area (Å²) in [5.41, 5.74) is 3.88. The van der Waals surface area contributed by atoms with E-state index in [1.165, 1.54) is 17.5 Å². The number of pyridine rings is 1. The molecule has 1 aliphatic rings. The molecule has 0 radical (unpaired) electrons. The normalized spacial score (nSPS) is 16.9. The first kappa shape index (κ1) is 14.0. The van der Waals surface area contributed by atoms with Crippen LogP contribution in [0.1, 0.15) is 35.6 Å². The molecule has 0 unspecified atom stereocenters. The van der Waals surface area contributed by atoms with Gasteiger partial charge in [0.2, 0.25) is 0 Å². The molecule has 1 atom stereocenters. The number of rotatable bonds is 2. The van der Waals surface area contributed by atoms with Crippen LogP contribution in [0.15, 0.2) is 42.6 Å². The monoisotopic (exact) mass is 297 g/mol. The Bertz CT molecular complexity index is 654. The van der Waals surface area contributed by atoms with E-state index in [2.05, 4.69) is 39.9 Å². The zero-order valence-electron chi connectivity index (χ0n) is 12.1. The molecule has 1 aromatic heterocycles. The van der Waals surface area contributed by atoms with Gasteiger partial charge >= 0.3 is 0 Å². The zero-order valence-corrected chi connectivity index (χ0v) is 12.9. The van der Waals surface area contributed by atoms with Crippen LogP contribution in [0.5, 0.6) is 0 Å². The predicted molar refractivity (Wildman–Crippen MR) is 90.5 cm³/mol. The van der Waals surface area contributed by atoms with Gasteiger partial charge in [-0.2, -0.15) is 0 Å². The molecule has 108 valence electrons. The Balaban J connectivity index is 1.70. The summed E-state index contributed by atoms with van der Waals surface area (Å²) in [6.07, 6.45) is 5.24. The molecular formula is C17H19N3S. The number of fused-ring (bicyclic) bond motifs is 1. The van der Waals surface area contributed by atoms with E-state index in [1.807, 2.05) is 19.1 Å². The number of anilines is 1. The fourth-order valence-corrected chi connectivity index (χ4v) is 3.06. The van der Waals surface area contributed by atoms with Gasteiger partial charge < -0.3 is 10.6 Å². The Labute approximate surface area is 130 Å². The van der Waals surface area contributed by atoms with Gasteiger partial charge in [-0.25, -0.2) is 4.98 Å². The van der Waals surface area contributed by atoms with Crippen molar-refractivity contribution >= 4 is 23.1 Å². The second-order valence-corrected chi connectivity index (χ2v) is 5.82. The van der Waals surface area contributed by atoms with Crippen molar-refractivity contribution in [2.75, 3.05) is 5.32 Å². The molecule has 3 rings (SSSR count).